The molecule has 4 N–H and O–H groups in total. The minimum absolute atomic E-state index is 0.104. The van der Waals surface area contributed by atoms with Crippen LogP contribution in [-0.2, 0) is 6.61 Å². The first kappa shape index (κ1) is 12.6. The minimum atomic E-state index is -0.104. The zero-order chi connectivity index (χ0) is 12.8. The van der Waals surface area contributed by atoms with Crippen molar-refractivity contribution in [1.29, 1.82) is 0 Å². The molecule has 0 spiro atoms. The molecule has 0 aromatic heterocycles. The molecule has 18 heavy (non-hydrogen) atoms. The SMILES string of the molecule is NC[C@H](N)c1ccc(OCc2ccccc2)cc1. The second kappa shape index (κ2) is 6.19. The van der Waals surface area contributed by atoms with Crippen LogP contribution in [0.15, 0.2) is 54.6 Å². The van der Waals surface area contributed by atoms with E-state index in [-0.39, 0.29) is 6.04 Å². The number of hydrogen-bond acceptors (Lipinski definition) is 3. The maximum Gasteiger partial charge on any atom is 0.119 e. The lowest BCUT2D eigenvalue weighted by Crippen LogP contribution is -2.20. The molecule has 0 heterocycles. The van der Waals surface area contributed by atoms with Gasteiger partial charge in [-0.3, -0.25) is 0 Å². The zero-order valence-corrected chi connectivity index (χ0v) is 10.3. The maximum atomic E-state index is 5.84. The molecule has 0 saturated heterocycles. The molecular weight excluding hydrogens is 224 g/mol. The van der Waals surface area contributed by atoms with Crippen LogP contribution in [0.5, 0.6) is 5.75 Å². The molecule has 0 radical (unpaired) electrons. The van der Waals surface area contributed by atoms with Crippen LogP contribution in [0.3, 0.4) is 0 Å². The van der Waals surface area contributed by atoms with Gasteiger partial charge in [0, 0.05) is 12.6 Å². The van der Waals surface area contributed by atoms with E-state index < -0.39 is 0 Å². The third-order valence-corrected chi connectivity index (χ3v) is 2.81. The highest BCUT2D eigenvalue weighted by Gasteiger charge is 2.03. The van der Waals surface area contributed by atoms with Crippen molar-refractivity contribution >= 4 is 0 Å². The monoisotopic (exact) mass is 242 g/mol. The summed E-state index contributed by atoms with van der Waals surface area (Å²) >= 11 is 0. The molecule has 3 nitrogen and oxygen atoms in total. The van der Waals surface area contributed by atoms with Crippen LogP contribution in [0.25, 0.3) is 0 Å². The molecule has 94 valence electrons. The Hall–Kier alpha value is -1.84. The van der Waals surface area contributed by atoms with Crippen LogP contribution in [0.2, 0.25) is 0 Å². The van der Waals surface area contributed by atoms with E-state index in [9.17, 15) is 0 Å². The molecule has 2 aromatic carbocycles. The Balaban J connectivity index is 1.94. The van der Waals surface area contributed by atoms with Gasteiger partial charge in [-0.15, -0.1) is 0 Å². The van der Waals surface area contributed by atoms with E-state index >= 15 is 0 Å². The molecular formula is C15H18N2O. The fraction of sp³-hybridized carbons (Fsp3) is 0.200. The van der Waals surface area contributed by atoms with Gasteiger partial charge in [0.25, 0.3) is 0 Å². The van der Waals surface area contributed by atoms with E-state index in [2.05, 4.69) is 0 Å². The van der Waals surface area contributed by atoms with Gasteiger partial charge in [-0.05, 0) is 23.3 Å². The second-order valence-electron chi connectivity index (χ2n) is 4.19. The van der Waals surface area contributed by atoms with Crippen LogP contribution in [-0.4, -0.2) is 6.54 Å². The minimum Gasteiger partial charge on any atom is -0.489 e. The molecule has 0 bridgehead atoms. The van der Waals surface area contributed by atoms with Crippen molar-refractivity contribution in [2.75, 3.05) is 6.54 Å². The van der Waals surface area contributed by atoms with E-state index in [0.29, 0.717) is 13.2 Å². The molecule has 0 fully saturated rings. The van der Waals surface area contributed by atoms with Gasteiger partial charge >= 0.3 is 0 Å². The molecule has 0 aliphatic heterocycles. The normalized spacial score (nSPS) is 12.1. The molecule has 0 aliphatic rings. The standard InChI is InChI=1S/C15H18N2O/c16-10-15(17)13-6-8-14(9-7-13)18-11-12-4-2-1-3-5-12/h1-9,15H,10-11,16-17H2/t15-/m0/s1. The summed E-state index contributed by atoms with van der Waals surface area (Å²) in [6, 6.07) is 17.7. The van der Waals surface area contributed by atoms with Crippen molar-refractivity contribution in [3.05, 3.63) is 65.7 Å². The first-order valence-corrected chi connectivity index (χ1v) is 6.02. The summed E-state index contributed by atoms with van der Waals surface area (Å²) in [6.07, 6.45) is 0. The molecule has 0 saturated carbocycles. The van der Waals surface area contributed by atoms with E-state index in [1.54, 1.807) is 0 Å². The van der Waals surface area contributed by atoms with Crippen molar-refractivity contribution in [3.8, 4) is 5.75 Å². The van der Waals surface area contributed by atoms with Gasteiger partial charge in [-0.25, -0.2) is 0 Å². The highest BCUT2D eigenvalue weighted by Crippen LogP contribution is 2.17. The second-order valence-corrected chi connectivity index (χ2v) is 4.19. The first-order chi connectivity index (χ1) is 8.79. The Morgan fingerprint density at radius 3 is 2.22 bits per heavy atom. The Kier molecular flexibility index (Phi) is 4.34. The Labute approximate surface area is 107 Å². The van der Waals surface area contributed by atoms with Gasteiger partial charge in [0.2, 0.25) is 0 Å². The lowest BCUT2D eigenvalue weighted by Gasteiger charge is -2.10. The quantitative estimate of drug-likeness (QED) is 0.845. The number of ether oxygens (including phenoxy) is 1. The lowest BCUT2D eigenvalue weighted by atomic mass is 10.1. The highest BCUT2D eigenvalue weighted by atomic mass is 16.5. The van der Waals surface area contributed by atoms with Crippen molar-refractivity contribution in [1.82, 2.24) is 0 Å². The summed E-state index contributed by atoms with van der Waals surface area (Å²) in [4.78, 5) is 0. The summed E-state index contributed by atoms with van der Waals surface area (Å²) < 4.78 is 5.69. The van der Waals surface area contributed by atoms with Crippen LogP contribution in [0.4, 0.5) is 0 Å². The molecule has 1 atom stereocenters. The summed E-state index contributed by atoms with van der Waals surface area (Å²) in [7, 11) is 0. The van der Waals surface area contributed by atoms with Gasteiger partial charge < -0.3 is 16.2 Å². The number of nitrogens with two attached hydrogens (primary N) is 2. The van der Waals surface area contributed by atoms with E-state index in [4.69, 9.17) is 16.2 Å². The Morgan fingerprint density at radius 2 is 1.61 bits per heavy atom. The third-order valence-electron chi connectivity index (χ3n) is 2.81. The van der Waals surface area contributed by atoms with Crippen molar-refractivity contribution < 1.29 is 4.74 Å². The fourth-order valence-electron chi connectivity index (χ4n) is 1.69. The van der Waals surface area contributed by atoms with Gasteiger partial charge in [0.15, 0.2) is 0 Å². The van der Waals surface area contributed by atoms with Gasteiger partial charge in [0.05, 0.1) is 0 Å². The molecule has 2 rings (SSSR count). The van der Waals surface area contributed by atoms with Gasteiger partial charge in [-0.2, -0.15) is 0 Å². The topological polar surface area (TPSA) is 61.3 Å². The first-order valence-electron chi connectivity index (χ1n) is 6.02. The number of rotatable bonds is 5. The lowest BCUT2D eigenvalue weighted by molar-refractivity contribution is 0.306. The summed E-state index contributed by atoms with van der Waals surface area (Å²) in [6.45, 7) is 1.02. The Morgan fingerprint density at radius 1 is 0.944 bits per heavy atom. The summed E-state index contributed by atoms with van der Waals surface area (Å²) in [5.41, 5.74) is 13.5. The van der Waals surface area contributed by atoms with E-state index in [1.807, 2.05) is 54.6 Å². The number of benzene rings is 2. The predicted octanol–water partition coefficient (Wildman–Crippen LogP) is 2.22. The average Bonchev–Trinajstić information content (AvgIpc) is 2.46. The van der Waals surface area contributed by atoms with Crippen LogP contribution >= 0.6 is 0 Å². The van der Waals surface area contributed by atoms with Crippen LogP contribution in [0.1, 0.15) is 17.2 Å². The fourth-order valence-corrected chi connectivity index (χ4v) is 1.69. The highest BCUT2D eigenvalue weighted by molar-refractivity contribution is 5.29. The largest absolute Gasteiger partial charge is 0.489 e. The molecule has 2 aromatic rings. The molecule has 3 heteroatoms. The van der Waals surface area contributed by atoms with Crippen molar-refractivity contribution in [2.45, 2.75) is 12.6 Å². The maximum absolute atomic E-state index is 5.84. The Bertz CT molecular complexity index is 468. The smallest absolute Gasteiger partial charge is 0.119 e. The molecule has 0 unspecified atom stereocenters. The van der Waals surface area contributed by atoms with Crippen molar-refractivity contribution in [3.63, 3.8) is 0 Å². The molecule has 0 aliphatic carbocycles. The average molecular weight is 242 g/mol. The number of hydrogen-bond donors (Lipinski definition) is 2. The summed E-state index contributed by atoms with van der Waals surface area (Å²) in [5.74, 6) is 0.840. The zero-order valence-electron chi connectivity index (χ0n) is 10.3. The van der Waals surface area contributed by atoms with Gasteiger partial charge in [0.1, 0.15) is 12.4 Å². The van der Waals surface area contributed by atoms with Gasteiger partial charge in [-0.1, -0.05) is 42.5 Å². The third kappa shape index (κ3) is 3.32. The molecule has 0 amide bonds. The predicted molar refractivity (Wildman–Crippen MR) is 73.2 cm³/mol. The van der Waals surface area contributed by atoms with Crippen LogP contribution < -0.4 is 16.2 Å². The van der Waals surface area contributed by atoms with E-state index in [0.717, 1.165) is 16.9 Å². The van der Waals surface area contributed by atoms with Crippen LogP contribution in [0, 0.1) is 0 Å². The van der Waals surface area contributed by atoms with Crippen molar-refractivity contribution in [2.24, 2.45) is 11.5 Å². The summed E-state index contributed by atoms with van der Waals surface area (Å²) in [5, 5.41) is 0. The van der Waals surface area contributed by atoms with E-state index in [1.165, 1.54) is 0 Å².